The van der Waals surface area contributed by atoms with Gasteiger partial charge in [-0.2, -0.15) is 0 Å². The van der Waals surface area contributed by atoms with Crippen LogP contribution >= 0.6 is 23.4 Å². The van der Waals surface area contributed by atoms with E-state index in [0.29, 0.717) is 19.8 Å². The Kier molecular flexibility index (Phi) is 7.92. The van der Waals surface area contributed by atoms with Gasteiger partial charge in [0, 0.05) is 9.92 Å². The van der Waals surface area contributed by atoms with Crippen LogP contribution in [0.2, 0.25) is 5.02 Å². The van der Waals surface area contributed by atoms with Crippen molar-refractivity contribution in [1.82, 2.24) is 0 Å². The summed E-state index contributed by atoms with van der Waals surface area (Å²) in [6.07, 6.45) is 7.19. The Balaban J connectivity index is 1.97. The minimum absolute atomic E-state index is 0.0860. The van der Waals surface area contributed by atoms with Gasteiger partial charge in [-0.1, -0.05) is 41.6 Å². The number of thioether (sulfide) groups is 1. The van der Waals surface area contributed by atoms with Gasteiger partial charge >= 0.3 is 0 Å². The number of hydrogen-bond acceptors (Lipinski definition) is 4. The molecule has 0 spiro atoms. The first-order valence-electron chi connectivity index (χ1n) is 7.40. The lowest BCUT2D eigenvalue weighted by molar-refractivity contribution is -0.0869. The van der Waals surface area contributed by atoms with Gasteiger partial charge in [0.1, 0.15) is 17.6 Å². The lowest BCUT2D eigenvalue weighted by Gasteiger charge is -2.31. The summed E-state index contributed by atoms with van der Waals surface area (Å²) in [5.74, 6) is 0. The highest BCUT2D eigenvalue weighted by atomic mass is 35.5. The van der Waals surface area contributed by atoms with Crippen LogP contribution in [-0.2, 0) is 14.2 Å². The SMILES string of the molecule is C=CCOC[C@H]1OC(Sc2ccc(Cl)cc2)C=C[C@@H]1OCC=C. The van der Waals surface area contributed by atoms with E-state index in [1.165, 1.54) is 0 Å². The summed E-state index contributed by atoms with van der Waals surface area (Å²) in [6.45, 7) is 8.75. The molecule has 0 aromatic heterocycles. The Labute approximate surface area is 147 Å². The summed E-state index contributed by atoms with van der Waals surface area (Å²) in [6, 6.07) is 7.70. The predicted molar refractivity (Wildman–Crippen MR) is 96.1 cm³/mol. The molecule has 0 aliphatic carbocycles. The first-order valence-corrected chi connectivity index (χ1v) is 8.66. The van der Waals surface area contributed by atoms with Crippen LogP contribution < -0.4 is 0 Å². The Morgan fingerprint density at radius 1 is 1.13 bits per heavy atom. The zero-order chi connectivity index (χ0) is 16.5. The largest absolute Gasteiger partial charge is 0.375 e. The monoisotopic (exact) mass is 352 g/mol. The van der Waals surface area contributed by atoms with Crippen molar-refractivity contribution in [3.8, 4) is 0 Å². The quantitative estimate of drug-likeness (QED) is 0.483. The topological polar surface area (TPSA) is 27.7 Å². The second kappa shape index (κ2) is 9.96. The van der Waals surface area contributed by atoms with Crippen molar-refractivity contribution in [3.63, 3.8) is 0 Å². The summed E-state index contributed by atoms with van der Waals surface area (Å²) in [4.78, 5) is 1.10. The second-order valence-electron chi connectivity index (χ2n) is 4.91. The first kappa shape index (κ1) is 18.3. The third kappa shape index (κ3) is 6.16. The summed E-state index contributed by atoms with van der Waals surface area (Å²) in [5.41, 5.74) is -0.0860. The molecular formula is C18H21ClO3S. The van der Waals surface area contributed by atoms with E-state index in [0.717, 1.165) is 9.92 Å². The predicted octanol–water partition coefficient (Wildman–Crippen LogP) is 4.49. The molecule has 0 fully saturated rings. The van der Waals surface area contributed by atoms with Crippen LogP contribution in [0.25, 0.3) is 0 Å². The number of halogens is 1. The van der Waals surface area contributed by atoms with E-state index in [2.05, 4.69) is 13.2 Å². The maximum Gasteiger partial charge on any atom is 0.126 e. The van der Waals surface area contributed by atoms with Crippen LogP contribution in [-0.4, -0.2) is 37.5 Å². The van der Waals surface area contributed by atoms with Crippen LogP contribution in [0.5, 0.6) is 0 Å². The van der Waals surface area contributed by atoms with Gasteiger partial charge in [0.05, 0.1) is 19.8 Å². The van der Waals surface area contributed by atoms with E-state index in [1.807, 2.05) is 36.4 Å². The Morgan fingerprint density at radius 3 is 2.57 bits per heavy atom. The number of ether oxygens (including phenoxy) is 3. The highest BCUT2D eigenvalue weighted by molar-refractivity contribution is 8.00. The maximum atomic E-state index is 6.10. The second-order valence-corrected chi connectivity index (χ2v) is 6.52. The first-order chi connectivity index (χ1) is 11.2. The fraction of sp³-hybridized carbons (Fsp3) is 0.333. The third-order valence-electron chi connectivity index (χ3n) is 3.12. The molecule has 1 heterocycles. The van der Waals surface area contributed by atoms with Gasteiger partial charge in [-0.3, -0.25) is 0 Å². The summed E-state index contributed by atoms with van der Waals surface area (Å²) in [7, 11) is 0. The number of hydrogen-bond donors (Lipinski definition) is 0. The molecule has 3 atom stereocenters. The van der Waals surface area contributed by atoms with Crippen LogP contribution in [0.3, 0.4) is 0 Å². The summed E-state index contributed by atoms with van der Waals surface area (Å²) >= 11 is 7.54. The molecule has 5 heteroatoms. The van der Waals surface area contributed by atoms with Crippen molar-refractivity contribution < 1.29 is 14.2 Å². The third-order valence-corrected chi connectivity index (χ3v) is 4.42. The van der Waals surface area contributed by atoms with Crippen molar-refractivity contribution in [2.24, 2.45) is 0 Å². The molecule has 1 aliphatic heterocycles. The van der Waals surface area contributed by atoms with Crippen LogP contribution in [0, 0.1) is 0 Å². The highest BCUT2D eigenvalue weighted by Gasteiger charge is 2.28. The average molecular weight is 353 g/mol. The van der Waals surface area contributed by atoms with E-state index in [4.69, 9.17) is 25.8 Å². The van der Waals surface area contributed by atoms with Crippen LogP contribution in [0.15, 0.2) is 66.6 Å². The molecule has 1 aromatic rings. The Morgan fingerprint density at radius 2 is 1.87 bits per heavy atom. The zero-order valence-corrected chi connectivity index (χ0v) is 14.5. The average Bonchev–Trinajstić information content (AvgIpc) is 2.56. The molecule has 3 nitrogen and oxygen atoms in total. The van der Waals surface area contributed by atoms with E-state index < -0.39 is 0 Å². The van der Waals surface area contributed by atoms with Crippen molar-refractivity contribution in [3.05, 3.63) is 66.8 Å². The fourth-order valence-corrected chi connectivity index (χ4v) is 3.13. The molecule has 2 rings (SSSR count). The van der Waals surface area contributed by atoms with Crippen molar-refractivity contribution >= 4 is 23.4 Å². The zero-order valence-electron chi connectivity index (χ0n) is 12.9. The van der Waals surface area contributed by atoms with Gasteiger partial charge in [-0.15, -0.1) is 13.2 Å². The molecule has 1 aromatic carbocycles. The Hall–Kier alpha value is -1.04. The minimum atomic E-state index is -0.162. The highest BCUT2D eigenvalue weighted by Crippen LogP contribution is 2.30. The smallest absolute Gasteiger partial charge is 0.126 e. The normalized spacial score (nSPS) is 23.6. The summed E-state index contributed by atoms with van der Waals surface area (Å²) < 4.78 is 17.4. The van der Waals surface area contributed by atoms with E-state index in [-0.39, 0.29) is 17.6 Å². The van der Waals surface area contributed by atoms with Gasteiger partial charge in [0.15, 0.2) is 0 Å². The van der Waals surface area contributed by atoms with Crippen molar-refractivity contribution in [1.29, 1.82) is 0 Å². The molecule has 0 amide bonds. The van der Waals surface area contributed by atoms with E-state index in [9.17, 15) is 0 Å². The van der Waals surface area contributed by atoms with Crippen molar-refractivity contribution in [2.75, 3.05) is 19.8 Å². The molecule has 0 N–H and O–H groups in total. The van der Waals surface area contributed by atoms with Crippen LogP contribution in [0.4, 0.5) is 0 Å². The molecular weight excluding hydrogens is 332 g/mol. The molecule has 23 heavy (non-hydrogen) atoms. The molecule has 0 saturated heterocycles. The minimum Gasteiger partial charge on any atom is -0.375 e. The van der Waals surface area contributed by atoms with Gasteiger partial charge in [0.25, 0.3) is 0 Å². The number of rotatable bonds is 9. The van der Waals surface area contributed by atoms with Gasteiger partial charge in [-0.25, -0.2) is 0 Å². The molecule has 1 aliphatic rings. The van der Waals surface area contributed by atoms with Crippen molar-refractivity contribution in [2.45, 2.75) is 22.5 Å². The molecule has 0 radical (unpaired) electrons. The molecule has 0 bridgehead atoms. The Bertz CT molecular complexity index is 530. The summed E-state index contributed by atoms with van der Waals surface area (Å²) in [5, 5.41) is 0.725. The standard InChI is InChI=1S/C18H21ClO3S/c1-3-11-20-13-17-16(21-12-4-2)9-10-18(22-17)23-15-7-5-14(19)6-8-15/h3-10,16-18H,1-2,11-13H2/t16-,17+,18?/m0/s1. The number of benzene rings is 1. The lowest BCUT2D eigenvalue weighted by atomic mass is 10.1. The lowest BCUT2D eigenvalue weighted by Crippen LogP contribution is -2.39. The van der Waals surface area contributed by atoms with Gasteiger partial charge in [0.2, 0.25) is 0 Å². The fourth-order valence-electron chi connectivity index (χ4n) is 2.08. The van der Waals surface area contributed by atoms with E-state index >= 15 is 0 Å². The van der Waals surface area contributed by atoms with Gasteiger partial charge in [-0.05, 0) is 30.3 Å². The molecule has 0 saturated carbocycles. The van der Waals surface area contributed by atoms with E-state index in [1.54, 1.807) is 23.9 Å². The van der Waals surface area contributed by atoms with Gasteiger partial charge < -0.3 is 14.2 Å². The molecule has 124 valence electrons. The maximum absolute atomic E-state index is 6.10. The molecule has 1 unspecified atom stereocenters. The van der Waals surface area contributed by atoms with Crippen LogP contribution in [0.1, 0.15) is 0 Å².